The van der Waals surface area contributed by atoms with Crippen molar-refractivity contribution < 1.29 is 34.2 Å². The normalized spacial score (nSPS) is 17.9. The summed E-state index contributed by atoms with van der Waals surface area (Å²) < 4.78 is 0. The molecule has 1 aliphatic rings. The molecule has 0 bridgehead atoms. The summed E-state index contributed by atoms with van der Waals surface area (Å²) in [5.74, 6) is -4.22. The summed E-state index contributed by atoms with van der Waals surface area (Å²) in [6.45, 7) is 3.77. The van der Waals surface area contributed by atoms with Crippen molar-refractivity contribution in [3.63, 3.8) is 0 Å². The smallest absolute Gasteiger partial charge is 0.326 e. The number of carboxylic acids is 1. The summed E-state index contributed by atoms with van der Waals surface area (Å²) >= 11 is 0. The summed E-state index contributed by atoms with van der Waals surface area (Å²) in [4.78, 5) is 62.9. The van der Waals surface area contributed by atoms with Gasteiger partial charge in [0.05, 0.1) is 12.5 Å². The number of carboxylic acid groups (broad SMARTS) is 1. The summed E-state index contributed by atoms with van der Waals surface area (Å²) in [7, 11) is 0. The molecule has 192 valence electrons. The molecular formula is C23H33N5O7. The van der Waals surface area contributed by atoms with E-state index in [0.717, 1.165) is 0 Å². The molecule has 1 fully saturated rings. The van der Waals surface area contributed by atoms with Gasteiger partial charge in [0.2, 0.25) is 23.6 Å². The van der Waals surface area contributed by atoms with Crippen molar-refractivity contribution in [1.29, 1.82) is 0 Å². The molecule has 1 aromatic rings. The van der Waals surface area contributed by atoms with Gasteiger partial charge >= 0.3 is 5.97 Å². The lowest BCUT2D eigenvalue weighted by Crippen LogP contribution is -2.58. The molecule has 1 aromatic carbocycles. The van der Waals surface area contributed by atoms with Gasteiger partial charge in [0.25, 0.3) is 0 Å². The van der Waals surface area contributed by atoms with Crippen molar-refractivity contribution in [2.75, 3.05) is 6.54 Å². The molecule has 12 heteroatoms. The van der Waals surface area contributed by atoms with Gasteiger partial charge < -0.3 is 37.2 Å². The fourth-order valence-corrected chi connectivity index (χ4v) is 3.81. The van der Waals surface area contributed by atoms with E-state index in [9.17, 15) is 34.2 Å². The van der Waals surface area contributed by atoms with Crippen molar-refractivity contribution in [3.8, 4) is 5.75 Å². The minimum absolute atomic E-state index is 0.0442. The number of benzene rings is 1. The van der Waals surface area contributed by atoms with Crippen molar-refractivity contribution in [3.05, 3.63) is 29.8 Å². The van der Waals surface area contributed by atoms with E-state index in [-0.39, 0.29) is 31.1 Å². The second-order valence-corrected chi connectivity index (χ2v) is 8.96. The van der Waals surface area contributed by atoms with Gasteiger partial charge in [-0.05, 0) is 36.5 Å². The number of carbonyl (C=O) groups excluding carboxylic acids is 4. The molecule has 1 heterocycles. The molecule has 0 saturated carbocycles. The summed E-state index contributed by atoms with van der Waals surface area (Å²) in [6.07, 6.45) is 0.267. The van der Waals surface area contributed by atoms with Crippen LogP contribution in [-0.2, 0) is 30.4 Å². The van der Waals surface area contributed by atoms with E-state index in [1.165, 1.54) is 17.0 Å². The first kappa shape index (κ1) is 27.6. The molecule has 4 unspecified atom stereocenters. The Morgan fingerprint density at radius 3 is 2.26 bits per heavy atom. The second-order valence-electron chi connectivity index (χ2n) is 8.96. The zero-order valence-electron chi connectivity index (χ0n) is 19.8. The molecule has 12 nitrogen and oxygen atoms in total. The fraction of sp³-hybridized carbons (Fsp3) is 0.522. The average Bonchev–Trinajstić information content (AvgIpc) is 3.28. The van der Waals surface area contributed by atoms with Crippen LogP contribution in [0.15, 0.2) is 24.3 Å². The first-order valence-corrected chi connectivity index (χ1v) is 11.4. The minimum Gasteiger partial charge on any atom is -0.508 e. The monoisotopic (exact) mass is 491 g/mol. The third kappa shape index (κ3) is 7.67. The Bertz CT molecular complexity index is 950. The quantitative estimate of drug-likeness (QED) is 0.222. The molecule has 0 aromatic heterocycles. The highest BCUT2D eigenvalue weighted by molar-refractivity contribution is 5.95. The molecule has 0 spiro atoms. The lowest BCUT2D eigenvalue weighted by atomic mass is 10.0. The molecule has 2 rings (SSSR count). The van der Waals surface area contributed by atoms with Crippen LogP contribution in [0.2, 0.25) is 0 Å². The van der Waals surface area contributed by atoms with Crippen LogP contribution < -0.4 is 22.1 Å². The number of nitrogens with two attached hydrogens (primary N) is 2. The Hall–Kier alpha value is -3.67. The lowest BCUT2D eigenvalue weighted by Gasteiger charge is -2.30. The highest BCUT2D eigenvalue weighted by atomic mass is 16.4. The van der Waals surface area contributed by atoms with Crippen molar-refractivity contribution >= 4 is 29.6 Å². The number of hydrogen-bond donors (Lipinski definition) is 6. The van der Waals surface area contributed by atoms with Gasteiger partial charge in [0.1, 0.15) is 23.9 Å². The van der Waals surface area contributed by atoms with Gasteiger partial charge in [-0.3, -0.25) is 19.2 Å². The van der Waals surface area contributed by atoms with E-state index < -0.39 is 60.2 Å². The maximum atomic E-state index is 13.5. The molecule has 4 amide bonds. The SMILES string of the molecule is CC(C)C(N)C(=O)NC(Cc1ccc(O)cc1)C(=O)N1CCCC1C(=O)NC(CC(N)=O)C(=O)O. The van der Waals surface area contributed by atoms with Gasteiger partial charge in [-0.2, -0.15) is 0 Å². The van der Waals surface area contributed by atoms with Crippen molar-refractivity contribution in [2.24, 2.45) is 17.4 Å². The maximum Gasteiger partial charge on any atom is 0.326 e. The number of nitrogens with zero attached hydrogens (tertiary/aromatic N) is 1. The third-order valence-corrected chi connectivity index (χ3v) is 5.87. The topological polar surface area (TPSA) is 205 Å². The molecule has 4 atom stereocenters. The number of amides is 4. The van der Waals surface area contributed by atoms with Crippen LogP contribution in [0.3, 0.4) is 0 Å². The van der Waals surface area contributed by atoms with E-state index in [1.54, 1.807) is 26.0 Å². The number of phenols is 1. The third-order valence-electron chi connectivity index (χ3n) is 5.87. The van der Waals surface area contributed by atoms with Crippen LogP contribution >= 0.6 is 0 Å². The fourth-order valence-electron chi connectivity index (χ4n) is 3.81. The van der Waals surface area contributed by atoms with Gasteiger partial charge in [-0.1, -0.05) is 26.0 Å². The van der Waals surface area contributed by atoms with E-state index in [1.807, 2.05) is 0 Å². The van der Waals surface area contributed by atoms with Crippen LogP contribution in [0.4, 0.5) is 0 Å². The van der Waals surface area contributed by atoms with Gasteiger partial charge in [0, 0.05) is 13.0 Å². The zero-order valence-corrected chi connectivity index (χ0v) is 19.8. The number of aromatic hydroxyl groups is 1. The first-order chi connectivity index (χ1) is 16.4. The largest absolute Gasteiger partial charge is 0.508 e. The minimum atomic E-state index is -1.52. The molecular weight excluding hydrogens is 458 g/mol. The van der Waals surface area contributed by atoms with Gasteiger partial charge in [-0.15, -0.1) is 0 Å². The number of phenolic OH excluding ortho intramolecular Hbond substituents is 1. The van der Waals surface area contributed by atoms with Crippen LogP contribution in [0.1, 0.15) is 38.7 Å². The maximum absolute atomic E-state index is 13.5. The molecule has 1 aliphatic heterocycles. The van der Waals surface area contributed by atoms with Crippen LogP contribution in [0.5, 0.6) is 5.75 Å². The van der Waals surface area contributed by atoms with Crippen molar-refractivity contribution in [1.82, 2.24) is 15.5 Å². The van der Waals surface area contributed by atoms with Crippen molar-refractivity contribution in [2.45, 2.75) is 63.7 Å². The van der Waals surface area contributed by atoms with E-state index >= 15 is 0 Å². The van der Waals surface area contributed by atoms with Crippen LogP contribution in [0.25, 0.3) is 0 Å². The van der Waals surface area contributed by atoms with Crippen LogP contribution in [-0.4, -0.2) is 75.4 Å². The molecule has 1 saturated heterocycles. The Morgan fingerprint density at radius 2 is 1.71 bits per heavy atom. The number of nitrogens with one attached hydrogen (secondary N) is 2. The Labute approximate surface area is 203 Å². The highest BCUT2D eigenvalue weighted by Crippen LogP contribution is 2.21. The molecule has 35 heavy (non-hydrogen) atoms. The van der Waals surface area contributed by atoms with Gasteiger partial charge in [0.15, 0.2) is 0 Å². The van der Waals surface area contributed by atoms with E-state index in [4.69, 9.17) is 11.5 Å². The highest BCUT2D eigenvalue weighted by Gasteiger charge is 2.39. The molecule has 8 N–H and O–H groups in total. The number of primary amides is 1. The number of hydrogen-bond acceptors (Lipinski definition) is 7. The van der Waals surface area contributed by atoms with Gasteiger partial charge in [-0.25, -0.2) is 4.79 Å². The predicted octanol–water partition coefficient (Wildman–Crippen LogP) is -1.16. The van der Waals surface area contributed by atoms with E-state index in [2.05, 4.69) is 10.6 Å². The summed E-state index contributed by atoms with van der Waals surface area (Å²) in [6, 6.07) is 1.73. The van der Waals surface area contributed by atoms with Crippen LogP contribution in [0, 0.1) is 5.92 Å². The average molecular weight is 492 g/mol. The number of carbonyl (C=O) groups is 5. The molecule has 0 radical (unpaired) electrons. The second kappa shape index (κ2) is 12.2. The molecule has 0 aliphatic carbocycles. The number of rotatable bonds is 11. The Morgan fingerprint density at radius 1 is 1.09 bits per heavy atom. The van der Waals surface area contributed by atoms with E-state index in [0.29, 0.717) is 12.0 Å². The Kier molecular flexibility index (Phi) is 9.58. The predicted molar refractivity (Wildman–Crippen MR) is 125 cm³/mol. The Balaban J connectivity index is 2.24. The lowest BCUT2D eigenvalue weighted by molar-refractivity contribution is -0.145. The first-order valence-electron chi connectivity index (χ1n) is 11.4. The number of aliphatic carboxylic acids is 1. The zero-order chi connectivity index (χ0) is 26.3. The standard InChI is InChI=1S/C23H33N5O7/c1-12(2)19(25)21(32)26-15(10-13-5-7-14(29)8-6-13)22(33)28-9-3-4-17(28)20(31)27-16(23(34)35)11-18(24)30/h5-8,12,15-17,19,29H,3-4,9-11,25H2,1-2H3,(H2,24,30)(H,26,32)(H,27,31)(H,34,35). The number of likely N-dealkylation sites (tertiary alicyclic amines) is 1. The summed E-state index contributed by atoms with van der Waals surface area (Å²) in [5.41, 5.74) is 11.7. The summed E-state index contributed by atoms with van der Waals surface area (Å²) in [5, 5.41) is 23.8.